The van der Waals surface area contributed by atoms with Crippen LogP contribution in [-0.2, 0) is 6.54 Å². The number of rotatable bonds is 6. The number of nitrogens with zero attached hydrogens (tertiary/aromatic N) is 1. The van der Waals surface area contributed by atoms with E-state index in [1.54, 1.807) is 0 Å². The second kappa shape index (κ2) is 7.95. The molecule has 1 unspecified atom stereocenters. The highest BCUT2D eigenvalue weighted by Gasteiger charge is 2.23. The molecule has 3 rings (SSSR count). The third kappa shape index (κ3) is 4.56. The fourth-order valence-corrected chi connectivity index (χ4v) is 3.37. The number of benzene rings is 2. The number of nitrogens with one attached hydrogen (secondary N) is 1. The van der Waals surface area contributed by atoms with Gasteiger partial charge >= 0.3 is 0 Å². The average Bonchev–Trinajstić information content (AvgIpc) is 2.99. The fourth-order valence-electron chi connectivity index (χ4n) is 3.11. The highest BCUT2D eigenvalue weighted by Crippen LogP contribution is 2.25. The lowest BCUT2D eigenvalue weighted by atomic mass is 10.1. The Morgan fingerprint density at radius 2 is 1.74 bits per heavy atom. The van der Waals surface area contributed by atoms with Crippen LogP contribution in [0.2, 0.25) is 0 Å². The molecule has 3 nitrogen and oxygen atoms in total. The summed E-state index contributed by atoms with van der Waals surface area (Å²) in [7, 11) is 2.03. The second-order valence-corrected chi connectivity index (χ2v) is 6.94. The van der Waals surface area contributed by atoms with Crippen molar-refractivity contribution in [1.82, 2.24) is 10.2 Å². The molecule has 1 heterocycles. The number of likely N-dealkylation sites (N-methyl/N-ethyl adjacent to an activating group) is 1. The molecule has 4 heteroatoms. The van der Waals surface area contributed by atoms with Gasteiger partial charge in [-0.2, -0.15) is 0 Å². The van der Waals surface area contributed by atoms with Crippen LogP contribution < -0.4 is 10.1 Å². The van der Waals surface area contributed by atoms with Crippen molar-refractivity contribution in [1.29, 1.82) is 0 Å². The van der Waals surface area contributed by atoms with E-state index in [2.05, 4.69) is 50.4 Å². The highest BCUT2D eigenvalue weighted by molar-refractivity contribution is 9.10. The number of hydrogen-bond acceptors (Lipinski definition) is 3. The van der Waals surface area contributed by atoms with Gasteiger partial charge in [-0.05, 0) is 68.4 Å². The molecular weight excluding hydrogens is 352 g/mol. The van der Waals surface area contributed by atoms with Crippen molar-refractivity contribution in [3.8, 4) is 11.5 Å². The van der Waals surface area contributed by atoms with Crippen molar-refractivity contribution in [2.24, 2.45) is 0 Å². The van der Waals surface area contributed by atoms with Gasteiger partial charge in [0.1, 0.15) is 11.5 Å². The van der Waals surface area contributed by atoms with E-state index >= 15 is 0 Å². The van der Waals surface area contributed by atoms with Crippen LogP contribution in [0.5, 0.6) is 11.5 Å². The van der Waals surface area contributed by atoms with Gasteiger partial charge in [0.05, 0.1) is 0 Å². The van der Waals surface area contributed by atoms with Crippen molar-refractivity contribution in [3.05, 3.63) is 58.6 Å². The lowest BCUT2D eigenvalue weighted by molar-refractivity contribution is 0.242. The van der Waals surface area contributed by atoms with Gasteiger partial charge in [0.2, 0.25) is 0 Å². The van der Waals surface area contributed by atoms with Gasteiger partial charge in [0.25, 0.3) is 0 Å². The Kier molecular flexibility index (Phi) is 5.70. The smallest absolute Gasteiger partial charge is 0.127 e. The largest absolute Gasteiger partial charge is 0.457 e. The Morgan fingerprint density at radius 3 is 2.39 bits per heavy atom. The van der Waals surface area contributed by atoms with E-state index in [4.69, 9.17) is 4.74 Å². The zero-order valence-corrected chi connectivity index (χ0v) is 15.1. The van der Waals surface area contributed by atoms with Crippen LogP contribution in [0.15, 0.2) is 53.0 Å². The van der Waals surface area contributed by atoms with E-state index in [1.807, 2.05) is 31.3 Å². The number of likely N-dealkylation sites (tertiary alicyclic amines) is 1. The Labute approximate surface area is 146 Å². The fraction of sp³-hybridized carbons (Fsp3) is 0.368. The van der Waals surface area contributed by atoms with Gasteiger partial charge in [0, 0.05) is 23.6 Å². The molecule has 23 heavy (non-hydrogen) atoms. The third-order valence-corrected chi connectivity index (χ3v) is 4.83. The molecule has 0 radical (unpaired) electrons. The lowest BCUT2D eigenvalue weighted by Gasteiger charge is -2.24. The molecule has 0 aromatic heterocycles. The summed E-state index contributed by atoms with van der Waals surface area (Å²) >= 11 is 3.43. The molecule has 0 bridgehead atoms. The molecule has 1 fully saturated rings. The van der Waals surface area contributed by atoms with E-state index in [0.29, 0.717) is 6.04 Å². The maximum Gasteiger partial charge on any atom is 0.127 e. The van der Waals surface area contributed by atoms with Crippen LogP contribution >= 0.6 is 15.9 Å². The van der Waals surface area contributed by atoms with E-state index in [9.17, 15) is 0 Å². The van der Waals surface area contributed by atoms with Crippen LogP contribution in [0, 0.1) is 0 Å². The molecule has 0 aliphatic carbocycles. The minimum Gasteiger partial charge on any atom is -0.457 e. The zero-order chi connectivity index (χ0) is 16.1. The maximum absolute atomic E-state index is 5.87. The summed E-state index contributed by atoms with van der Waals surface area (Å²) in [4.78, 5) is 2.57. The minimum absolute atomic E-state index is 0.665. The van der Waals surface area contributed by atoms with Gasteiger partial charge in [-0.15, -0.1) is 0 Å². The molecule has 0 saturated carbocycles. The van der Waals surface area contributed by atoms with Gasteiger partial charge in [-0.3, -0.25) is 4.90 Å². The van der Waals surface area contributed by atoms with Crippen LogP contribution in [0.4, 0.5) is 0 Å². The van der Waals surface area contributed by atoms with Crippen LogP contribution in [-0.4, -0.2) is 31.1 Å². The van der Waals surface area contributed by atoms with Gasteiger partial charge in [0.15, 0.2) is 0 Å². The van der Waals surface area contributed by atoms with Crippen LogP contribution in [0.25, 0.3) is 0 Å². The quantitative estimate of drug-likeness (QED) is 0.809. The lowest BCUT2D eigenvalue weighted by Crippen LogP contribution is -2.36. The van der Waals surface area contributed by atoms with Crippen molar-refractivity contribution in [3.63, 3.8) is 0 Å². The first-order valence-corrected chi connectivity index (χ1v) is 8.95. The number of ether oxygens (including phenoxy) is 1. The predicted molar refractivity (Wildman–Crippen MR) is 98.0 cm³/mol. The Balaban J connectivity index is 1.59. The summed E-state index contributed by atoms with van der Waals surface area (Å²) in [6.45, 7) is 3.29. The summed E-state index contributed by atoms with van der Waals surface area (Å²) in [5.41, 5.74) is 1.34. The standard InChI is InChI=1S/C19H23BrN2O/c1-21-13-17-3-2-12-22(17)14-15-4-8-18(9-5-15)23-19-10-6-16(20)7-11-19/h4-11,17,21H,2-3,12-14H2,1H3. The molecule has 1 saturated heterocycles. The minimum atomic E-state index is 0.665. The van der Waals surface area contributed by atoms with Gasteiger partial charge in [-0.25, -0.2) is 0 Å². The van der Waals surface area contributed by atoms with Crippen molar-refractivity contribution >= 4 is 15.9 Å². The van der Waals surface area contributed by atoms with Crippen LogP contribution in [0.3, 0.4) is 0 Å². The highest BCUT2D eigenvalue weighted by atomic mass is 79.9. The molecule has 2 aromatic carbocycles. The maximum atomic E-state index is 5.87. The number of hydrogen-bond donors (Lipinski definition) is 1. The van der Waals surface area contributed by atoms with Crippen LogP contribution in [0.1, 0.15) is 18.4 Å². The zero-order valence-electron chi connectivity index (χ0n) is 13.5. The number of halogens is 1. The Hall–Kier alpha value is -1.36. The topological polar surface area (TPSA) is 24.5 Å². The van der Waals surface area contributed by atoms with Crippen molar-refractivity contribution in [2.75, 3.05) is 20.1 Å². The summed E-state index contributed by atoms with van der Waals surface area (Å²) in [6, 6.07) is 17.0. The normalized spacial score (nSPS) is 18.3. The van der Waals surface area contributed by atoms with Gasteiger partial charge < -0.3 is 10.1 Å². The van der Waals surface area contributed by atoms with Gasteiger partial charge in [-0.1, -0.05) is 28.1 Å². The first-order valence-electron chi connectivity index (χ1n) is 8.15. The van der Waals surface area contributed by atoms with E-state index in [0.717, 1.165) is 29.1 Å². The average molecular weight is 375 g/mol. The molecule has 1 aliphatic heterocycles. The van der Waals surface area contributed by atoms with E-state index in [-0.39, 0.29) is 0 Å². The second-order valence-electron chi connectivity index (χ2n) is 6.02. The monoisotopic (exact) mass is 374 g/mol. The van der Waals surface area contributed by atoms with Crippen molar-refractivity contribution < 1.29 is 4.74 Å². The molecule has 122 valence electrons. The van der Waals surface area contributed by atoms with E-state index in [1.165, 1.54) is 24.9 Å². The summed E-state index contributed by atoms with van der Waals surface area (Å²) in [5.74, 6) is 1.74. The molecule has 1 atom stereocenters. The summed E-state index contributed by atoms with van der Waals surface area (Å²) < 4.78 is 6.93. The first kappa shape index (κ1) is 16.5. The predicted octanol–water partition coefficient (Wildman–Crippen LogP) is 4.43. The molecular formula is C19H23BrN2O. The summed E-state index contributed by atoms with van der Waals surface area (Å²) in [6.07, 6.45) is 2.60. The van der Waals surface area contributed by atoms with E-state index < -0.39 is 0 Å². The third-order valence-electron chi connectivity index (χ3n) is 4.30. The molecule has 1 N–H and O–H groups in total. The molecule has 0 spiro atoms. The SMILES string of the molecule is CNCC1CCCN1Cc1ccc(Oc2ccc(Br)cc2)cc1. The van der Waals surface area contributed by atoms with Crippen molar-refractivity contribution in [2.45, 2.75) is 25.4 Å². The Bertz CT molecular complexity index is 612. The molecule has 1 aliphatic rings. The summed E-state index contributed by atoms with van der Waals surface area (Å²) in [5, 5.41) is 3.30. The Morgan fingerprint density at radius 1 is 1.09 bits per heavy atom. The molecule has 0 amide bonds. The first-order chi connectivity index (χ1) is 11.2. The molecule has 2 aromatic rings.